The fourth-order valence-corrected chi connectivity index (χ4v) is 2.52. The molecule has 1 aliphatic heterocycles. The van der Waals surface area contributed by atoms with Gasteiger partial charge in [-0.25, -0.2) is 0 Å². The summed E-state index contributed by atoms with van der Waals surface area (Å²) in [6.07, 6.45) is 0.518. The largest absolute Gasteiger partial charge is 0.387 e. The van der Waals surface area contributed by atoms with Gasteiger partial charge in [-0.1, -0.05) is 23.7 Å². The van der Waals surface area contributed by atoms with Gasteiger partial charge in [0.2, 0.25) is 0 Å². The standard InChI is InChI=1S/C13H18ClNO2/c1-15-7-13(16)9-2-3-11(12(14)6-9)10-4-5-17-8-10/h2-3,6,10,13,15-16H,4-5,7-8H2,1H3. The smallest absolute Gasteiger partial charge is 0.0914 e. The topological polar surface area (TPSA) is 41.5 Å². The lowest BCUT2D eigenvalue weighted by Crippen LogP contribution is -2.16. The number of halogens is 1. The van der Waals surface area contributed by atoms with Crippen LogP contribution >= 0.6 is 11.6 Å². The molecule has 0 saturated carbocycles. The summed E-state index contributed by atoms with van der Waals surface area (Å²) >= 11 is 6.27. The van der Waals surface area contributed by atoms with Gasteiger partial charge >= 0.3 is 0 Å². The first-order valence-electron chi connectivity index (χ1n) is 5.92. The molecule has 0 spiro atoms. The maximum Gasteiger partial charge on any atom is 0.0914 e. The van der Waals surface area contributed by atoms with Crippen molar-refractivity contribution < 1.29 is 9.84 Å². The minimum Gasteiger partial charge on any atom is -0.387 e. The zero-order valence-corrected chi connectivity index (χ0v) is 10.7. The van der Waals surface area contributed by atoms with E-state index in [4.69, 9.17) is 16.3 Å². The Morgan fingerprint density at radius 2 is 2.41 bits per heavy atom. The minimum absolute atomic E-state index is 0.401. The van der Waals surface area contributed by atoms with Crippen LogP contribution < -0.4 is 5.32 Å². The summed E-state index contributed by atoms with van der Waals surface area (Å²) < 4.78 is 5.36. The van der Waals surface area contributed by atoms with E-state index >= 15 is 0 Å². The SMILES string of the molecule is CNCC(O)c1ccc(C2CCOC2)c(Cl)c1. The third kappa shape index (κ3) is 2.99. The maximum absolute atomic E-state index is 9.86. The highest BCUT2D eigenvalue weighted by atomic mass is 35.5. The molecule has 0 radical (unpaired) electrons. The van der Waals surface area contributed by atoms with E-state index in [0.717, 1.165) is 35.8 Å². The van der Waals surface area contributed by atoms with Gasteiger partial charge in [0.1, 0.15) is 0 Å². The van der Waals surface area contributed by atoms with Gasteiger partial charge in [-0.2, -0.15) is 0 Å². The maximum atomic E-state index is 9.86. The molecule has 2 N–H and O–H groups in total. The quantitative estimate of drug-likeness (QED) is 0.866. The van der Waals surface area contributed by atoms with Crippen LogP contribution in [0.5, 0.6) is 0 Å². The zero-order chi connectivity index (χ0) is 12.3. The highest BCUT2D eigenvalue weighted by Gasteiger charge is 2.20. The number of hydrogen-bond acceptors (Lipinski definition) is 3. The van der Waals surface area contributed by atoms with Crippen molar-refractivity contribution in [1.82, 2.24) is 5.32 Å². The first kappa shape index (κ1) is 12.8. The van der Waals surface area contributed by atoms with Crippen molar-refractivity contribution in [3.63, 3.8) is 0 Å². The normalized spacial score (nSPS) is 21.7. The van der Waals surface area contributed by atoms with Crippen LogP contribution in [0.15, 0.2) is 18.2 Å². The van der Waals surface area contributed by atoms with Crippen molar-refractivity contribution in [2.75, 3.05) is 26.8 Å². The second-order valence-corrected chi connectivity index (χ2v) is 4.82. The van der Waals surface area contributed by atoms with E-state index in [9.17, 15) is 5.11 Å². The van der Waals surface area contributed by atoms with Crippen LogP contribution in [0.25, 0.3) is 0 Å². The second-order valence-electron chi connectivity index (χ2n) is 4.41. The molecule has 0 aliphatic carbocycles. The Kier molecular flexibility index (Phi) is 4.40. The Morgan fingerprint density at radius 3 is 3.00 bits per heavy atom. The van der Waals surface area contributed by atoms with Crippen molar-refractivity contribution in [3.05, 3.63) is 34.3 Å². The van der Waals surface area contributed by atoms with Gasteiger partial charge in [0.25, 0.3) is 0 Å². The third-order valence-corrected chi connectivity index (χ3v) is 3.50. The lowest BCUT2D eigenvalue weighted by atomic mass is 9.96. The van der Waals surface area contributed by atoms with E-state index in [1.165, 1.54) is 0 Å². The molecule has 1 aliphatic rings. The summed E-state index contributed by atoms with van der Waals surface area (Å²) in [4.78, 5) is 0. The lowest BCUT2D eigenvalue weighted by molar-refractivity contribution is 0.177. The summed E-state index contributed by atoms with van der Waals surface area (Å²) in [6, 6.07) is 5.81. The van der Waals surface area contributed by atoms with Crippen molar-refractivity contribution >= 4 is 11.6 Å². The molecule has 1 aromatic rings. The molecule has 0 amide bonds. The molecule has 1 saturated heterocycles. The third-order valence-electron chi connectivity index (χ3n) is 3.18. The van der Waals surface area contributed by atoms with E-state index in [2.05, 4.69) is 5.32 Å². The number of nitrogens with one attached hydrogen (secondary N) is 1. The Labute approximate surface area is 107 Å². The van der Waals surface area contributed by atoms with Crippen LogP contribution in [0.1, 0.15) is 29.6 Å². The van der Waals surface area contributed by atoms with Crippen molar-refractivity contribution in [2.45, 2.75) is 18.4 Å². The van der Waals surface area contributed by atoms with Crippen LogP contribution in [-0.2, 0) is 4.74 Å². The van der Waals surface area contributed by atoms with Crippen molar-refractivity contribution in [2.24, 2.45) is 0 Å². The van der Waals surface area contributed by atoms with Crippen LogP contribution in [0.3, 0.4) is 0 Å². The Morgan fingerprint density at radius 1 is 1.59 bits per heavy atom. The average molecular weight is 256 g/mol. The van der Waals surface area contributed by atoms with Gasteiger partial charge in [-0.05, 0) is 30.7 Å². The number of aliphatic hydroxyl groups excluding tert-OH is 1. The fraction of sp³-hybridized carbons (Fsp3) is 0.538. The monoisotopic (exact) mass is 255 g/mol. The van der Waals surface area contributed by atoms with Gasteiger partial charge in [0, 0.05) is 24.1 Å². The average Bonchev–Trinajstić information content (AvgIpc) is 2.82. The molecule has 0 aromatic heterocycles. The molecule has 2 rings (SSSR count). The highest BCUT2D eigenvalue weighted by molar-refractivity contribution is 6.31. The van der Waals surface area contributed by atoms with Gasteiger partial charge in [0.05, 0.1) is 12.7 Å². The summed E-state index contributed by atoms with van der Waals surface area (Å²) in [5.74, 6) is 0.401. The van der Waals surface area contributed by atoms with Gasteiger partial charge in [-0.3, -0.25) is 0 Å². The van der Waals surface area contributed by atoms with Crippen LogP contribution in [0.4, 0.5) is 0 Å². The number of benzene rings is 1. The van der Waals surface area contributed by atoms with Crippen LogP contribution in [0, 0.1) is 0 Å². The molecule has 17 heavy (non-hydrogen) atoms. The van der Waals surface area contributed by atoms with E-state index in [-0.39, 0.29) is 0 Å². The molecule has 4 heteroatoms. The molecule has 1 heterocycles. The zero-order valence-electron chi connectivity index (χ0n) is 9.95. The number of aliphatic hydroxyl groups is 1. The van der Waals surface area contributed by atoms with E-state index in [0.29, 0.717) is 12.5 Å². The van der Waals surface area contributed by atoms with Gasteiger partial charge in [-0.15, -0.1) is 0 Å². The number of likely N-dealkylation sites (N-methyl/N-ethyl adjacent to an activating group) is 1. The Balaban J connectivity index is 2.16. The molecule has 2 atom stereocenters. The molecule has 1 aromatic carbocycles. The summed E-state index contributed by atoms with van der Waals surface area (Å²) in [5.41, 5.74) is 1.98. The first-order chi connectivity index (χ1) is 8.22. The molecule has 2 unspecified atom stereocenters. The van der Waals surface area contributed by atoms with Gasteiger partial charge in [0.15, 0.2) is 0 Å². The lowest BCUT2D eigenvalue weighted by Gasteiger charge is -2.15. The van der Waals surface area contributed by atoms with Crippen LogP contribution in [0.2, 0.25) is 5.02 Å². The van der Waals surface area contributed by atoms with Crippen LogP contribution in [-0.4, -0.2) is 31.9 Å². The predicted molar refractivity (Wildman–Crippen MR) is 68.5 cm³/mol. The second kappa shape index (κ2) is 5.83. The molecule has 3 nitrogen and oxygen atoms in total. The summed E-state index contributed by atoms with van der Waals surface area (Å²) in [5, 5.41) is 13.5. The van der Waals surface area contributed by atoms with E-state index in [1.54, 1.807) is 0 Å². The summed E-state index contributed by atoms with van der Waals surface area (Å²) in [7, 11) is 1.81. The molecule has 94 valence electrons. The Bertz CT molecular complexity index is 378. The van der Waals surface area contributed by atoms with E-state index < -0.39 is 6.10 Å². The van der Waals surface area contributed by atoms with Gasteiger partial charge < -0.3 is 15.2 Å². The molecular weight excluding hydrogens is 238 g/mol. The Hall–Kier alpha value is -0.610. The molecule has 1 fully saturated rings. The number of hydrogen-bond donors (Lipinski definition) is 2. The number of rotatable bonds is 4. The number of ether oxygens (including phenoxy) is 1. The highest BCUT2D eigenvalue weighted by Crippen LogP contribution is 2.32. The molecular formula is C13H18ClNO2. The van der Waals surface area contributed by atoms with Crippen molar-refractivity contribution in [1.29, 1.82) is 0 Å². The predicted octanol–water partition coefficient (Wildman–Crippen LogP) is 2.10. The van der Waals surface area contributed by atoms with Crippen molar-refractivity contribution in [3.8, 4) is 0 Å². The van der Waals surface area contributed by atoms with E-state index in [1.807, 2.05) is 25.2 Å². The first-order valence-corrected chi connectivity index (χ1v) is 6.30. The summed E-state index contributed by atoms with van der Waals surface area (Å²) in [6.45, 7) is 2.09. The fourth-order valence-electron chi connectivity index (χ4n) is 2.17. The minimum atomic E-state index is -0.508. The molecule has 0 bridgehead atoms.